The zero-order valence-electron chi connectivity index (χ0n) is 13.9. The van der Waals surface area contributed by atoms with Crippen LogP contribution in [-0.4, -0.2) is 16.8 Å². The van der Waals surface area contributed by atoms with Gasteiger partial charge >= 0.3 is 0 Å². The van der Waals surface area contributed by atoms with Gasteiger partial charge in [-0.15, -0.1) is 0 Å². The molecule has 2 heterocycles. The molecule has 1 unspecified atom stereocenters. The van der Waals surface area contributed by atoms with Crippen LogP contribution >= 0.6 is 11.6 Å². The van der Waals surface area contributed by atoms with Crippen LogP contribution in [-0.2, 0) is 17.8 Å². The molecule has 0 fully saturated rings. The summed E-state index contributed by atoms with van der Waals surface area (Å²) in [5, 5.41) is 3.67. The molecule has 1 aromatic heterocycles. The molecule has 0 saturated heterocycles. The number of amides is 2. The fourth-order valence-electron chi connectivity index (χ4n) is 3.67. The van der Waals surface area contributed by atoms with E-state index in [0.717, 1.165) is 35.2 Å². The monoisotopic (exact) mass is 355 g/mol. The van der Waals surface area contributed by atoms with E-state index < -0.39 is 0 Å². The molecule has 2 aliphatic rings. The fourth-order valence-corrected chi connectivity index (χ4v) is 3.87. The van der Waals surface area contributed by atoms with Gasteiger partial charge < -0.3 is 10.2 Å². The van der Waals surface area contributed by atoms with E-state index in [2.05, 4.69) is 10.3 Å². The first kappa shape index (κ1) is 16.1. The average Bonchev–Trinajstić information content (AvgIpc) is 3.16. The van der Waals surface area contributed by atoms with Crippen molar-refractivity contribution < 1.29 is 9.59 Å². The quantitative estimate of drug-likeness (QED) is 0.917. The van der Waals surface area contributed by atoms with Gasteiger partial charge in [-0.1, -0.05) is 18.5 Å². The SMILES string of the molecule is CCC(=O)NC1CCc2c1cncc2N1Cc2cc(Cl)ccc2C1=O. The number of aromatic nitrogens is 1. The lowest BCUT2D eigenvalue weighted by molar-refractivity contribution is -0.121. The third kappa shape index (κ3) is 2.68. The largest absolute Gasteiger partial charge is 0.349 e. The molecular weight excluding hydrogens is 338 g/mol. The number of pyridine rings is 1. The number of nitrogens with zero attached hydrogens (tertiary/aromatic N) is 2. The molecule has 4 rings (SSSR count). The van der Waals surface area contributed by atoms with Gasteiger partial charge in [-0.25, -0.2) is 0 Å². The number of hydrogen-bond acceptors (Lipinski definition) is 3. The Hall–Kier alpha value is -2.40. The van der Waals surface area contributed by atoms with E-state index in [1.165, 1.54) is 0 Å². The van der Waals surface area contributed by atoms with Crippen molar-refractivity contribution in [2.45, 2.75) is 38.8 Å². The molecule has 2 amide bonds. The lowest BCUT2D eigenvalue weighted by Gasteiger charge is -2.20. The summed E-state index contributed by atoms with van der Waals surface area (Å²) in [6.45, 7) is 2.34. The van der Waals surface area contributed by atoms with Crippen LogP contribution < -0.4 is 10.2 Å². The van der Waals surface area contributed by atoms with Crippen LogP contribution in [0.5, 0.6) is 0 Å². The summed E-state index contributed by atoms with van der Waals surface area (Å²) in [5.41, 5.74) is 4.58. The van der Waals surface area contributed by atoms with E-state index in [1.807, 2.05) is 13.0 Å². The van der Waals surface area contributed by atoms with E-state index >= 15 is 0 Å². The van der Waals surface area contributed by atoms with Crippen molar-refractivity contribution in [1.29, 1.82) is 0 Å². The number of benzene rings is 1. The first-order valence-corrected chi connectivity index (χ1v) is 8.82. The van der Waals surface area contributed by atoms with E-state index in [1.54, 1.807) is 29.4 Å². The second-order valence-corrected chi connectivity index (χ2v) is 6.87. The van der Waals surface area contributed by atoms with Crippen LogP contribution in [0.2, 0.25) is 5.02 Å². The van der Waals surface area contributed by atoms with E-state index in [-0.39, 0.29) is 17.9 Å². The normalized spacial score (nSPS) is 18.2. The Morgan fingerprint density at radius 2 is 2.24 bits per heavy atom. The minimum Gasteiger partial charge on any atom is -0.349 e. The van der Waals surface area contributed by atoms with Gasteiger partial charge in [0.25, 0.3) is 5.91 Å². The van der Waals surface area contributed by atoms with Crippen LogP contribution in [0.15, 0.2) is 30.6 Å². The number of halogens is 1. The Kier molecular flexibility index (Phi) is 3.96. The van der Waals surface area contributed by atoms with Crippen LogP contribution in [0.25, 0.3) is 0 Å². The molecule has 5 nitrogen and oxygen atoms in total. The van der Waals surface area contributed by atoms with Crippen LogP contribution in [0.3, 0.4) is 0 Å². The van der Waals surface area contributed by atoms with Gasteiger partial charge in [0.05, 0.1) is 24.5 Å². The van der Waals surface area contributed by atoms with Crippen molar-refractivity contribution in [3.63, 3.8) is 0 Å². The molecule has 2 aromatic rings. The minimum absolute atomic E-state index is 0.0237. The minimum atomic E-state index is -0.0251. The van der Waals surface area contributed by atoms with Gasteiger partial charge in [-0.2, -0.15) is 0 Å². The van der Waals surface area contributed by atoms with Crippen LogP contribution in [0.4, 0.5) is 5.69 Å². The van der Waals surface area contributed by atoms with Gasteiger partial charge in [-0.05, 0) is 47.7 Å². The molecule has 1 N–H and O–H groups in total. The first-order valence-electron chi connectivity index (χ1n) is 8.45. The molecular formula is C19H18ClN3O2. The van der Waals surface area contributed by atoms with Gasteiger partial charge in [0.1, 0.15) is 0 Å². The van der Waals surface area contributed by atoms with E-state index in [9.17, 15) is 9.59 Å². The fraction of sp³-hybridized carbons (Fsp3) is 0.316. The predicted octanol–water partition coefficient (Wildman–Crippen LogP) is 3.41. The Balaban J connectivity index is 1.68. The first-order chi connectivity index (χ1) is 12.1. The summed E-state index contributed by atoms with van der Waals surface area (Å²) in [5.74, 6) is 0.00506. The number of nitrogens with one attached hydrogen (secondary N) is 1. The van der Waals surface area contributed by atoms with Crippen molar-refractivity contribution >= 4 is 29.1 Å². The molecule has 1 atom stereocenters. The maximum Gasteiger partial charge on any atom is 0.258 e. The zero-order valence-corrected chi connectivity index (χ0v) is 14.6. The Morgan fingerprint density at radius 1 is 1.40 bits per heavy atom. The number of carbonyl (C=O) groups excluding carboxylic acids is 2. The number of rotatable bonds is 3. The smallest absolute Gasteiger partial charge is 0.258 e. The highest BCUT2D eigenvalue weighted by molar-refractivity contribution is 6.31. The second-order valence-electron chi connectivity index (χ2n) is 6.43. The molecule has 1 aromatic carbocycles. The molecule has 0 spiro atoms. The molecule has 0 saturated carbocycles. The number of fused-ring (bicyclic) bond motifs is 2. The number of anilines is 1. The van der Waals surface area contributed by atoms with Crippen LogP contribution in [0, 0.1) is 0 Å². The molecule has 0 bridgehead atoms. The predicted molar refractivity (Wildman–Crippen MR) is 95.7 cm³/mol. The van der Waals surface area contributed by atoms with Crippen molar-refractivity contribution in [3.8, 4) is 0 Å². The summed E-state index contributed by atoms with van der Waals surface area (Å²) in [7, 11) is 0. The number of hydrogen-bond donors (Lipinski definition) is 1. The highest BCUT2D eigenvalue weighted by atomic mass is 35.5. The topological polar surface area (TPSA) is 62.3 Å². The van der Waals surface area contributed by atoms with Crippen LogP contribution in [0.1, 0.15) is 52.9 Å². The summed E-state index contributed by atoms with van der Waals surface area (Å²) in [6, 6.07) is 5.34. The third-order valence-corrected chi connectivity index (χ3v) is 5.18. The van der Waals surface area contributed by atoms with Gasteiger partial charge in [0, 0.05) is 23.2 Å². The highest BCUT2D eigenvalue weighted by Gasteiger charge is 2.33. The molecule has 128 valence electrons. The van der Waals surface area contributed by atoms with Gasteiger partial charge in [-0.3, -0.25) is 14.6 Å². The summed E-state index contributed by atoms with van der Waals surface area (Å²) in [4.78, 5) is 30.6. The standard InChI is InChI=1S/C19H18ClN3O2/c1-2-18(24)22-16-6-5-14-15(16)8-21-9-17(14)23-10-11-7-12(20)3-4-13(11)19(23)25/h3-4,7-9,16H,2,5-6,10H2,1H3,(H,22,24). The molecule has 25 heavy (non-hydrogen) atoms. The molecule has 1 aliphatic carbocycles. The average molecular weight is 356 g/mol. The lowest BCUT2D eigenvalue weighted by Crippen LogP contribution is -2.27. The Labute approximate surface area is 151 Å². The summed E-state index contributed by atoms with van der Waals surface area (Å²) in [6.07, 6.45) is 5.66. The molecule has 6 heteroatoms. The highest BCUT2D eigenvalue weighted by Crippen LogP contribution is 2.39. The maximum atomic E-state index is 12.8. The molecule has 0 radical (unpaired) electrons. The Morgan fingerprint density at radius 3 is 3.04 bits per heavy atom. The third-order valence-electron chi connectivity index (χ3n) is 4.94. The number of carbonyl (C=O) groups is 2. The van der Waals surface area contributed by atoms with E-state index in [0.29, 0.717) is 23.6 Å². The van der Waals surface area contributed by atoms with E-state index in [4.69, 9.17) is 11.6 Å². The maximum absolute atomic E-state index is 12.8. The van der Waals surface area contributed by atoms with Crippen molar-refractivity contribution in [2.24, 2.45) is 0 Å². The Bertz CT molecular complexity index is 881. The van der Waals surface area contributed by atoms with Crippen molar-refractivity contribution in [1.82, 2.24) is 10.3 Å². The lowest BCUT2D eigenvalue weighted by atomic mass is 10.1. The summed E-state index contributed by atoms with van der Waals surface area (Å²) < 4.78 is 0. The summed E-state index contributed by atoms with van der Waals surface area (Å²) >= 11 is 6.06. The zero-order chi connectivity index (χ0) is 17.6. The molecule has 1 aliphatic heterocycles. The second kappa shape index (κ2) is 6.15. The van der Waals surface area contributed by atoms with Crippen molar-refractivity contribution in [2.75, 3.05) is 4.90 Å². The van der Waals surface area contributed by atoms with Crippen molar-refractivity contribution in [3.05, 3.63) is 57.9 Å². The van der Waals surface area contributed by atoms with Gasteiger partial charge in [0.2, 0.25) is 5.91 Å². The van der Waals surface area contributed by atoms with Gasteiger partial charge in [0.15, 0.2) is 0 Å².